The maximum Gasteiger partial charge on any atom is 0.336 e. The number of benzene rings is 2. The fourth-order valence-electron chi connectivity index (χ4n) is 6.27. The van der Waals surface area contributed by atoms with Gasteiger partial charge in [-0.15, -0.1) is 0 Å². The molecule has 0 bridgehead atoms. The van der Waals surface area contributed by atoms with E-state index in [-0.39, 0.29) is 11.7 Å². The number of carbonyl (C=O) groups excluding carboxylic acids is 3. The van der Waals surface area contributed by atoms with Gasteiger partial charge < -0.3 is 24.6 Å². The molecule has 1 unspecified atom stereocenters. The zero-order chi connectivity index (χ0) is 31.1. The molecular weight excluding hydrogens is 552 g/mol. The minimum Gasteiger partial charge on any atom is -0.468 e. The monoisotopic (exact) mass is 590 g/mol. The first kappa shape index (κ1) is 31.4. The van der Waals surface area contributed by atoms with E-state index in [1.165, 1.54) is 26.4 Å². The van der Waals surface area contributed by atoms with Crippen LogP contribution in [0.3, 0.4) is 0 Å². The summed E-state index contributed by atoms with van der Waals surface area (Å²) in [4.78, 5) is 53.0. The van der Waals surface area contributed by atoms with Gasteiger partial charge in [0.15, 0.2) is 0 Å². The van der Waals surface area contributed by atoms with Gasteiger partial charge in [-0.25, -0.2) is 4.79 Å². The molecule has 11 nitrogen and oxygen atoms in total. The molecule has 1 saturated heterocycles. The molecule has 1 amide bonds. The van der Waals surface area contributed by atoms with Crippen molar-refractivity contribution in [2.24, 2.45) is 0 Å². The zero-order valence-corrected chi connectivity index (χ0v) is 25.0. The molecule has 0 radical (unpaired) electrons. The second-order valence-electron chi connectivity index (χ2n) is 10.9. The van der Waals surface area contributed by atoms with Crippen molar-refractivity contribution in [2.45, 2.75) is 44.4 Å². The lowest BCUT2D eigenvalue weighted by atomic mass is 9.72. The third kappa shape index (κ3) is 6.46. The molecule has 0 spiro atoms. The Morgan fingerprint density at radius 3 is 2.26 bits per heavy atom. The normalized spacial score (nSPS) is 18.5. The molecule has 43 heavy (non-hydrogen) atoms. The summed E-state index contributed by atoms with van der Waals surface area (Å²) in [6.45, 7) is 6.09. The summed E-state index contributed by atoms with van der Waals surface area (Å²) in [5.41, 5.74) is 3.04. The second-order valence-corrected chi connectivity index (χ2v) is 10.9. The Morgan fingerprint density at radius 2 is 1.70 bits per heavy atom. The molecule has 0 aliphatic carbocycles. The van der Waals surface area contributed by atoms with Crippen LogP contribution in [0.5, 0.6) is 0 Å². The van der Waals surface area contributed by atoms with Gasteiger partial charge >= 0.3 is 11.9 Å². The Morgan fingerprint density at radius 1 is 1.05 bits per heavy atom. The van der Waals surface area contributed by atoms with Crippen LogP contribution in [0.2, 0.25) is 0 Å². The molecule has 2 aromatic rings. The zero-order valence-electron chi connectivity index (χ0n) is 25.0. The van der Waals surface area contributed by atoms with Gasteiger partial charge in [0.2, 0.25) is 6.41 Å². The van der Waals surface area contributed by atoms with Gasteiger partial charge in [0.25, 0.3) is 5.69 Å². The number of non-ortho nitro benzene ring substituents is 1. The van der Waals surface area contributed by atoms with Crippen LogP contribution < -0.4 is 5.32 Å². The highest BCUT2D eigenvalue weighted by molar-refractivity contribution is 5.92. The van der Waals surface area contributed by atoms with Crippen LogP contribution in [0.15, 0.2) is 77.3 Å². The number of amides is 1. The molecular formula is C32H38N4O7. The lowest BCUT2D eigenvalue weighted by molar-refractivity contribution is -0.384. The van der Waals surface area contributed by atoms with E-state index in [9.17, 15) is 24.5 Å². The number of esters is 2. The Bertz CT molecular complexity index is 1410. The number of nitrogens with zero attached hydrogens (tertiary/aromatic N) is 3. The van der Waals surface area contributed by atoms with Crippen LogP contribution in [-0.4, -0.2) is 73.5 Å². The molecule has 2 aliphatic rings. The smallest absolute Gasteiger partial charge is 0.336 e. The summed E-state index contributed by atoms with van der Waals surface area (Å²) in [7, 11) is 2.72. The van der Waals surface area contributed by atoms with Gasteiger partial charge in [0, 0.05) is 30.1 Å². The average molecular weight is 591 g/mol. The first-order valence-corrected chi connectivity index (χ1v) is 14.3. The van der Waals surface area contributed by atoms with Gasteiger partial charge in [-0.3, -0.25) is 19.7 Å². The number of piperidine rings is 1. The fraction of sp³-hybridized carbons (Fsp3) is 0.406. The molecule has 11 heteroatoms. The van der Waals surface area contributed by atoms with Crippen molar-refractivity contribution < 1.29 is 28.8 Å². The lowest BCUT2D eigenvalue weighted by Gasteiger charge is -2.40. The highest BCUT2D eigenvalue weighted by Gasteiger charge is 2.44. The number of rotatable bonds is 11. The summed E-state index contributed by atoms with van der Waals surface area (Å²) in [5.74, 6) is -1.44. The maximum atomic E-state index is 12.9. The largest absolute Gasteiger partial charge is 0.468 e. The standard InChI is InChI=1S/C32H38N4O7/c1-22-27(30(38)42-3)28(24-11-13-26(14-12-24)36(40)41)29(23(2)33-22)35(21-37)18-8-17-34-19-15-32(16-20-34,31(39)43-4)25-9-6-5-7-10-25/h5-7,9-14,21,28,33H,8,15-20H2,1-4H3. The molecule has 2 aromatic carbocycles. The SMILES string of the molecule is COC(=O)C1=C(C)NC(C)=C(N(C=O)CCCN2CCC(C(=O)OC)(c3ccccc3)CC2)C1c1ccc([N+](=O)[O-])cc1. The first-order chi connectivity index (χ1) is 20.7. The van der Waals surface area contributed by atoms with Crippen molar-refractivity contribution in [1.29, 1.82) is 0 Å². The summed E-state index contributed by atoms with van der Waals surface area (Å²) >= 11 is 0. The topological polar surface area (TPSA) is 131 Å². The third-order valence-electron chi connectivity index (χ3n) is 8.49. The number of carbonyl (C=O) groups is 3. The number of methoxy groups -OCH3 is 2. The molecule has 2 aliphatic heterocycles. The van der Waals surface area contributed by atoms with Crippen molar-refractivity contribution in [3.8, 4) is 0 Å². The molecule has 2 heterocycles. The van der Waals surface area contributed by atoms with Crippen molar-refractivity contribution in [2.75, 3.05) is 40.4 Å². The van der Waals surface area contributed by atoms with Crippen LogP contribution in [0.1, 0.15) is 50.2 Å². The number of ether oxygens (including phenoxy) is 2. The molecule has 228 valence electrons. The molecule has 0 aromatic heterocycles. The molecule has 1 fully saturated rings. The van der Waals surface area contributed by atoms with E-state index in [1.54, 1.807) is 24.0 Å². The van der Waals surface area contributed by atoms with Gasteiger partial charge in [-0.2, -0.15) is 0 Å². The number of dihydropyridines is 1. The Hall–Kier alpha value is -4.51. The van der Waals surface area contributed by atoms with Crippen molar-refractivity contribution in [3.63, 3.8) is 0 Å². The van der Waals surface area contributed by atoms with E-state index < -0.39 is 22.2 Å². The van der Waals surface area contributed by atoms with Crippen LogP contribution in [0, 0.1) is 10.1 Å². The number of hydrogen-bond donors (Lipinski definition) is 1. The summed E-state index contributed by atoms with van der Waals surface area (Å²) in [6.07, 6.45) is 2.66. The van der Waals surface area contributed by atoms with Gasteiger partial charge in [-0.05, 0) is 63.9 Å². The second kappa shape index (κ2) is 13.6. The first-order valence-electron chi connectivity index (χ1n) is 14.3. The Kier molecular flexibility index (Phi) is 9.97. The average Bonchev–Trinajstić information content (AvgIpc) is 3.03. The van der Waals surface area contributed by atoms with Crippen molar-refractivity contribution in [3.05, 3.63) is 98.5 Å². The summed E-state index contributed by atoms with van der Waals surface area (Å²) in [5, 5.41) is 14.5. The van der Waals surface area contributed by atoms with Crippen LogP contribution in [-0.2, 0) is 29.3 Å². The Labute approximate surface area is 251 Å². The maximum absolute atomic E-state index is 12.9. The summed E-state index contributed by atoms with van der Waals surface area (Å²) < 4.78 is 10.3. The quantitative estimate of drug-likeness (QED) is 0.178. The van der Waals surface area contributed by atoms with Crippen LogP contribution >= 0.6 is 0 Å². The van der Waals surface area contributed by atoms with Gasteiger partial charge in [0.05, 0.1) is 41.7 Å². The van der Waals surface area contributed by atoms with E-state index >= 15 is 0 Å². The highest BCUT2D eigenvalue weighted by atomic mass is 16.6. The number of likely N-dealkylation sites (tertiary alicyclic amines) is 1. The predicted molar refractivity (Wildman–Crippen MR) is 160 cm³/mol. The molecule has 4 rings (SSSR count). The number of hydrogen-bond acceptors (Lipinski definition) is 9. The van der Waals surface area contributed by atoms with E-state index in [0.717, 1.165) is 12.0 Å². The molecule has 1 atom stereocenters. The van der Waals surface area contributed by atoms with Gasteiger partial charge in [0.1, 0.15) is 0 Å². The molecule has 0 saturated carbocycles. The minimum atomic E-state index is -0.677. The lowest BCUT2D eigenvalue weighted by Crippen LogP contribution is -2.48. The van der Waals surface area contributed by atoms with E-state index in [0.29, 0.717) is 73.7 Å². The Balaban J connectivity index is 1.50. The third-order valence-corrected chi connectivity index (χ3v) is 8.49. The number of nitro groups is 1. The van der Waals surface area contributed by atoms with E-state index in [1.807, 2.05) is 37.3 Å². The number of allylic oxidation sites excluding steroid dienone is 3. The van der Waals surface area contributed by atoms with Crippen molar-refractivity contribution >= 4 is 24.0 Å². The number of nitrogens with one attached hydrogen (secondary N) is 1. The minimum absolute atomic E-state index is 0.0717. The van der Waals surface area contributed by atoms with Gasteiger partial charge in [-0.1, -0.05) is 42.5 Å². The summed E-state index contributed by atoms with van der Waals surface area (Å²) in [6, 6.07) is 15.7. The van der Waals surface area contributed by atoms with Crippen molar-refractivity contribution in [1.82, 2.24) is 15.1 Å². The van der Waals surface area contributed by atoms with Crippen LogP contribution in [0.25, 0.3) is 0 Å². The molecule has 1 N–H and O–H groups in total. The van der Waals surface area contributed by atoms with E-state index in [2.05, 4.69) is 10.2 Å². The number of nitro benzene ring substituents is 1. The fourth-order valence-corrected chi connectivity index (χ4v) is 6.27. The predicted octanol–water partition coefficient (Wildman–Crippen LogP) is 4.02. The van der Waals surface area contributed by atoms with Crippen LogP contribution in [0.4, 0.5) is 5.69 Å². The highest BCUT2D eigenvalue weighted by Crippen LogP contribution is 2.41. The van der Waals surface area contributed by atoms with E-state index in [4.69, 9.17) is 9.47 Å².